The van der Waals surface area contributed by atoms with Crippen molar-refractivity contribution in [2.24, 2.45) is 5.92 Å². The zero-order valence-corrected chi connectivity index (χ0v) is 9.20. The molecular formula is C12H19NO2. The van der Waals surface area contributed by atoms with E-state index in [1.54, 1.807) is 12.5 Å². The number of hydrogen-bond acceptors (Lipinski definition) is 3. The molecule has 1 aliphatic heterocycles. The van der Waals surface area contributed by atoms with Gasteiger partial charge < -0.3 is 14.8 Å². The maximum absolute atomic E-state index is 10.4. The Morgan fingerprint density at radius 3 is 3.13 bits per heavy atom. The number of furan rings is 1. The summed E-state index contributed by atoms with van der Waals surface area (Å²) in [4.78, 5) is 0. The molecular weight excluding hydrogens is 190 g/mol. The Kier molecular flexibility index (Phi) is 3.12. The second-order valence-corrected chi connectivity index (χ2v) is 4.71. The van der Waals surface area contributed by atoms with E-state index < -0.39 is 5.60 Å². The summed E-state index contributed by atoms with van der Waals surface area (Å²) in [5.74, 6) is 0.348. The van der Waals surface area contributed by atoms with Crippen LogP contribution in [0.15, 0.2) is 23.0 Å². The molecule has 2 rings (SSSR count). The van der Waals surface area contributed by atoms with Gasteiger partial charge in [0, 0.05) is 18.9 Å². The van der Waals surface area contributed by atoms with E-state index in [1.165, 1.54) is 0 Å². The molecule has 15 heavy (non-hydrogen) atoms. The first kappa shape index (κ1) is 10.7. The largest absolute Gasteiger partial charge is 0.472 e. The lowest BCUT2D eigenvalue weighted by molar-refractivity contribution is -0.0103. The number of aliphatic hydroxyl groups is 1. The number of piperidine rings is 1. The standard InChI is InChI=1S/C12H19NO2/c1-12(14,7-10-4-6-15-9-10)11-3-2-5-13-8-11/h4,6,9,11,13-14H,2-3,5,7-8H2,1H3. The van der Waals surface area contributed by atoms with Crippen LogP contribution in [0.1, 0.15) is 25.3 Å². The van der Waals surface area contributed by atoms with Crippen LogP contribution in [-0.4, -0.2) is 23.8 Å². The SMILES string of the molecule is CC(O)(Cc1ccoc1)C1CCCNC1. The fourth-order valence-corrected chi connectivity index (χ4v) is 2.33. The highest BCUT2D eigenvalue weighted by Gasteiger charge is 2.33. The van der Waals surface area contributed by atoms with E-state index in [4.69, 9.17) is 4.42 Å². The topological polar surface area (TPSA) is 45.4 Å². The van der Waals surface area contributed by atoms with E-state index >= 15 is 0 Å². The average Bonchev–Trinajstić information content (AvgIpc) is 2.71. The highest BCUT2D eigenvalue weighted by atomic mass is 16.3. The second-order valence-electron chi connectivity index (χ2n) is 4.71. The number of rotatable bonds is 3. The maximum Gasteiger partial charge on any atom is 0.0935 e. The number of hydrogen-bond donors (Lipinski definition) is 2. The summed E-state index contributed by atoms with van der Waals surface area (Å²) < 4.78 is 5.02. The van der Waals surface area contributed by atoms with Gasteiger partial charge in [-0.05, 0) is 37.9 Å². The summed E-state index contributed by atoms with van der Waals surface area (Å²) in [5.41, 5.74) is 0.447. The quantitative estimate of drug-likeness (QED) is 0.794. The molecule has 0 amide bonds. The molecule has 0 radical (unpaired) electrons. The Balaban J connectivity index is 1.98. The van der Waals surface area contributed by atoms with Gasteiger partial charge in [0.05, 0.1) is 18.1 Å². The van der Waals surface area contributed by atoms with Crippen molar-refractivity contribution in [1.29, 1.82) is 0 Å². The third kappa shape index (κ3) is 2.61. The molecule has 1 aromatic heterocycles. The third-order valence-corrected chi connectivity index (χ3v) is 3.32. The molecule has 2 N–H and O–H groups in total. The van der Waals surface area contributed by atoms with Crippen molar-refractivity contribution >= 4 is 0 Å². The zero-order valence-electron chi connectivity index (χ0n) is 9.20. The van der Waals surface area contributed by atoms with Crippen molar-refractivity contribution in [3.8, 4) is 0 Å². The number of nitrogens with one attached hydrogen (secondary N) is 1. The Morgan fingerprint density at radius 1 is 1.67 bits per heavy atom. The molecule has 1 fully saturated rings. The predicted octanol–water partition coefficient (Wildman–Crippen LogP) is 1.57. The first-order valence-corrected chi connectivity index (χ1v) is 5.63. The van der Waals surface area contributed by atoms with Gasteiger partial charge in [-0.1, -0.05) is 0 Å². The smallest absolute Gasteiger partial charge is 0.0935 e. The monoisotopic (exact) mass is 209 g/mol. The summed E-state index contributed by atoms with van der Waals surface area (Å²) in [5, 5.41) is 13.8. The molecule has 0 spiro atoms. The van der Waals surface area contributed by atoms with Crippen molar-refractivity contribution in [2.75, 3.05) is 13.1 Å². The second kappa shape index (κ2) is 4.37. The van der Waals surface area contributed by atoms with Gasteiger partial charge in [0.1, 0.15) is 0 Å². The van der Waals surface area contributed by atoms with Crippen LogP contribution < -0.4 is 5.32 Å². The molecule has 1 aliphatic rings. The van der Waals surface area contributed by atoms with Crippen LogP contribution in [-0.2, 0) is 6.42 Å². The van der Waals surface area contributed by atoms with Gasteiger partial charge in [-0.2, -0.15) is 0 Å². The van der Waals surface area contributed by atoms with Crippen molar-refractivity contribution in [1.82, 2.24) is 5.32 Å². The van der Waals surface area contributed by atoms with Gasteiger partial charge in [0.25, 0.3) is 0 Å². The molecule has 0 aliphatic carbocycles. The van der Waals surface area contributed by atoms with Crippen LogP contribution >= 0.6 is 0 Å². The van der Waals surface area contributed by atoms with Crippen LogP contribution in [0.3, 0.4) is 0 Å². The van der Waals surface area contributed by atoms with Crippen molar-refractivity contribution in [3.63, 3.8) is 0 Å². The predicted molar refractivity (Wildman–Crippen MR) is 58.6 cm³/mol. The molecule has 2 unspecified atom stereocenters. The van der Waals surface area contributed by atoms with Gasteiger partial charge >= 0.3 is 0 Å². The molecule has 1 saturated heterocycles. The highest BCUT2D eigenvalue weighted by molar-refractivity contribution is 5.10. The van der Waals surface area contributed by atoms with Gasteiger partial charge in [0.15, 0.2) is 0 Å². The lowest BCUT2D eigenvalue weighted by Gasteiger charge is -2.35. The summed E-state index contributed by atoms with van der Waals surface area (Å²) in [7, 11) is 0. The van der Waals surface area contributed by atoms with Crippen molar-refractivity contribution < 1.29 is 9.52 Å². The molecule has 3 nitrogen and oxygen atoms in total. The van der Waals surface area contributed by atoms with Gasteiger partial charge in [0.2, 0.25) is 0 Å². The lowest BCUT2D eigenvalue weighted by Crippen LogP contribution is -2.45. The minimum Gasteiger partial charge on any atom is -0.472 e. The van der Waals surface area contributed by atoms with Crippen LogP contribution in [0.25, 0.3) is 0 Å². The van der Waals surface area contributed by atoms with Gasteiger partial charge in [-0.15, -0.1) is 0 Å². The van der Waals surface area contributed by atoms with E-state index in [9.17, 15) is 5.11 Å². The van der Waals surface area contributed by atoms with Crippen LogP contribution in [0.2, 0.25) is 0 Å². The first-order valence-electron chi connectivity index (χ1n) is 5.63. The normalized spacial score (nSPS) is 26.1. The molecule has 2 heterocycles. The zero-order chi connectivity index (χ0) is 10.7. The van der Waals surface area contributed by atoms with Crippen LogP contribution in [0, 0.1) is 5.92 Å². The molecule has 2 atom stereocenters. The van der Waals surface area contributed by atoms with Crippen LogP contribution in [0.5, 0.6) is 0 Å². The molecule has 84 valence electrons. The Hall–Kier alpha value is -0.800. The maximum atomic E-state index is 10.4. The summed E-state index contributed by atoms with van der Waals surface area (Å²) in [6.45, 7) is 3.93. The minimum atomic E-state index is -0.628. The van der Waals surface area contributed by atoms with E-state index in [0.29, 0.717) is 12.3 Å². The van der Waals surface area contributed by atoms with E-state index in [-0.39, 0.29) is 0 Å². The Bertz CT molecular complexity index is 287. The Labute approximate surface area is 90.5 Å². The van der Waals surface area contributed by atoms with Crippen molar-refractivity contribution in [3.05, 3.63) is 24.2 Å². The van der Waals surface area contributed by atoms with Gasteiger partial charge in [-0.25, -0.2) is 0 Å². The Morgan fingerprint density at radius 2 is 2.53 bits per heavy atom. The summed E-state index contributed by atoms with van der Waals surface area (Å²) in [6.07, 6.45) is 6.31. The lowest BCUT2D eigenvalue weighted by atomic mass is 9.80. The average molecular weight is 209 g/mol. The van der Waals surface area contributed by atoms with E-state index in [0.717, 1.165) is 31.5 Å². The molecule has 0 bridgehead atoms. The minimum absolute atomic E-state index is 0.348. The van der Waals surface area contributed by atoms with E-state index in [1.807, 2.05) is 13.0 Å². The molecule has 1 aromatic rings. The highest BCUT2D eigenvalue weighted by Crippen LogP contribution is 2.27. The first-order chi connectivity index (χ1) is 7.18. The summed E-state index contributed by atoms with van der Waals surface area (Å²) >= 11 is 0. The molecule has 0 saturated carbocycles. The fourth-order valence-electron chi connectivity index (χ4n) is 2.33. The molecule has 0 aromatic carbocycles. The fraction of sp³-hybridized carbons (Fsp3) is 0.667. The summed E-state index contributed by atoms with van der Waals surface area (Å²) in [6, 6.07) is 1.92. The third-order valence-electron chi connectivity index (χ3n) is 3.32. The van der Waals surface area contributed by atoms with E-state index in [2.05, 4.69) is 5.32 Å². The molecule has 3 heteroatoms. The van der Waals surface area contributed by atoms with Gasteiger partial charge in [-0.3, -0.25) is 0 Å². The van der Waals surface area contributed by atoms with Crippen LogP contribution in [0.4, 0.5) is 0 Å². The van der Waals surface area contributed by atoms with Crippen molar-refractivity contribution in [2.45, 2.75) is 31.8 Å².